The van der Waals surface area contributed by atoms with Gasteiger partial charge in [0.15, 0.2) is 0 Å². The predicted octanol–water partition coefficient (Wildman–Crippen LogP) is 0.619. The molecule has 0 bridgehead atoms. The van der Waals surface area contributed by atoms with E-state index in [2.05, 4.69) is 20.0 Å². The van der Waals surface area contributed by atoms with Crippen LogP contribution in [0.3, 0.4) is 0 Å². The lowest BCUT2D eigenvalue weighted by Gasteiger charge is -2.07. The van der Waals surface area contributed by atoms with Crippen LogP contribution in [0.1, 0.15) is 11.4 Å². The van der Waals surface area contributed by atoms with Crippen molar-refractivity contribution in [3.63, 3.8) is 0 Å². The Morgan fingerprint density at radius 1 is 1.15 bits per heavy atom. The normalized spacial score (nSPS) is 11.6. The first-order valence-electron chi connectivity index (χ1n) is 6.36. The van der Waals surface area contributed by atoms with Gasteiger partial charge in [-0.1, -0.05) is 30.3 Å². The van der Waals surface area contributed by atoms with E-state index in [0.717, 1.165) is 11.4 Å². The Bertz CT molecular complexity index is 597. The molecular weight excluding hydrogens is 276 g/mol. The Labute approximate surface area is 118 Å². The summed E-state index contributed by atoms with van der Waals surface area (Å²) in [6.07, 6.45) is 3.39. The van der Waals surface area contributed by atoms with Crippen molar-refractivity contribution in [3.05, 3.63) is 54.1 Å². The molecule has 1 aromatic carbocycles. The second-order valence-electron chi connectivity index (χ2n) is 4.34. The number of rotatable bonds is 8. The molecule has 2 aromatic rings. The van der Waals surface area contributed by atoms with Crippen LogP contribution in [0.5, 0.6) is 0 Å². The highest BCUT2D eigenvalue weighted by atomic mass is 32.2. The first-order valence-corrected chi connectivity index (χ1v) is 8.01. The molecule has 1 heterocycles. The third-order valence-electron chi connectivity index (χ3n) is 2.73. The van der Waals surface area contributed by atoms with Crippen LogP contribution in [0.25, 0.3) is 0 Å². The SMILES string of the molecule is O=S(=O)(CCNCc1ncc[nH]1)NCc1ccccc1. The molecule has 108 valence electrons. The van der Waals surface area contributed by atoms with Gasteiger partial charge in [-0.05, 0) is 5.56 Å². The average Bonchev–Trinajstić information content (AvgIpc) is 2.96. The van der Waals surface area contributed by atoms with E-state index in [0.29, 0.717) is 19.6 Å². The van der Waals surface area contributed by atoms with Gasteiger partial charge in [0.25, 0.3) is 0 Å². The second-order valence-corrected chi connectivity index (χ2v) is 6.26. The van der Waals surface area contributed by atoms with Crippen molar-refractivity contribution < 1.29 is 8.42 Å². The van der Waals surface area contributed by atoms with E-state index < -0.39 is 10.0 Å². The van der Waals surface area contributed by atoms with Crippen LogP contribution in [0.15, 0.2) is 42.7 Å². The number of imidazole rings is 1. The number of H-pyrrole nitrogens is 1. The van der Waals surface area contributed by atoms with Gasteiger partial charge in [0, 0.05) is 25.5 Å². The van der Waals surface area contributed by atoms with Crippen LogP contribution in [-0.2, 0) is 23.1 Å². The summed E-state index contributed by atoms with van der Waals surface area (Å²) in [7, 11) is -3.26. The van der Waals surface area contributed by atoms with E-state index in [1.165, 1.54) is 0 Å². The number of sulfonamides is 1. The largest absolute Gasteiger partial charge is 0.348 e. The van der Waals surface area contributed by atoms with Crippen molar-refractivity contribution in [3.8, 4) is 0 Å². The molecule has 3 N–H and O–H groups in total. The summed E-state index contributed by atoms with van der Waals surface area (Å²) in [5, 5.41) is 3.03. The minimum atomic E-state index is -3.26. The number of hydrogen-bond donors (Lipinski definition) is 3. The van der Waals surface area contributed by atoms with Gasteiger partial charge < -0.3 is 10.3 Å². The van der Waals surface area contributed by atoms with E-state index in [1.54, 1.807) is 12.4 Å². The van der Waals surface area contributed by atoms with Gasteiger partial charge in [0.1, 0.15) is 5.82 Å². The minimum Gasteiger partial charge on any atom is -0.348 e. The third-order valence-corrected chi connectivity index (χ3v) is 4.06. The Kier molecular flexibility index (Phi) is 5.28. The van der Waals surface area contributed by atoms with Gasteiger partial charge in [-0.3, -0.25) is 0 Å². The fraction of sp³-hybridized carbons (Fsp3) is 0.308. The summed E-state index contributed by atoms with van der Waals surface area (Å²) in [6.45, 7) is 1.23. The minimum absolute atomic E-state index is 0.0422. The maximum atomic E-state index is 11.8. The van der Waals surface area contributed by atoms with Crippen LogP contribution in [-0.4, -0.2) is 30.7 Å². The van der Waals surface area contributed by atoms with Crippen molar-refractivity contribution in [2.75, 3.05) is 12.3 Å². The van der Waals surface area contributed by atoms with E-state index in [4.69, 9.17) is 0 Å². The molecule has 0 aliphatic heterocycles. The highest BCUT2D eigenvalue weighted by molar-refractivity contribution is 7.89. The Hall–Kier alpha value is -1.70. The molecule has 0 saturated heterocycles. The molecule has 0 saturated carbocycles. The molecule has 0 aliphatic rings. The molecule has 2 rings (SSSR count). The third kappa shape index (κ3) is 5.12. The van der Waals surface area contributed by atoms with Gasteiger partial charge in [-0.25, -0.2) is 18.1 Å². The molecule has 0 fully saturated rings. The number of nitrogens with zero attached hydrogens (tertiary/aromatic N) is 1. The molecule has 1 aromatic heterocycles. The fourth-order valence-electron chi connectivity index (χ4n) is 1.67. The first kappa shape index (κ1) is 14.7. The molecule has 0 atom stereocenters. The maximum Gasteiger partial charge on any atom is 0.213 e. The van der Waals surface area contributed by atoms with Gasteiger partial charge in [0.05, 0.1) is 12.3 Å². The Balaban J connectivity index is 1.68. The lowest BCUT2D eigenvalue weighted by atomic mass is 10.2. The summed E-state index contributed by atoms with van der Waals surface area (Å²) in [5.41, 5.74) is 0.944. The molecule has 0 amide bonds. The van der Waals surface area contributed by atoms with Gasteiger partial charge >= 0.3 is 0 Å². The van der Waals surface area contributed by atoms with Crippen LogP contribution in [0.4, 0.5) is 0 Å². The highest BCUT2D eigenvalue weighted by Crippen LogP contribution is 1.98. The fourth-order valence-corrected chi connectivity index (χ4v) is 2.61. The zero-order chi connectivity index (χ0) is 14.3. The lowest BCUT2D eigenvalue weighted by Crippen LogP contribution is -2.31. The van der Waals surface area contributed by atoms with Crippen molar-refractivity contribution in [2.45, 2.75) is 13.1 Å². The molecule has 6 nitrogen and oxygen atoms in total. The first-order chi connectivity index (χ1) is 9.66. The van der Waals surface area contributed by atoms with Crippen molar-refractivity contribution >= 4 is 10.0 Å². The topological polar surface area (TPSA) is 86.9 Å². The number of hydrogen-bond acceptors (Lipinski definition) is 4. The molecular formula is C13H18N4O2S. The summed E-state index contributed by atoms with van der Waals surface area (Å²) < 4.78 is 26.2. The number of nitrogens with one attached hydrogen (secondary N) is 3. The molecule has 20 heavy (non-hydrogen) atoms. The molecule has 0 radical (unpaired) electrons. The van der Waals surface area contributed by atoms with E-state index in [-0.39, 0.29) is 5.75 Å². The molecule has 0 unspecified atom stereocenters. The van der Waals surface area contributed by atoms with E-state index >= 15 is 0 Å². The van der Waals surface area contributed by atoms with Crippen LogP contribution in [0, 0.1) is 0 Å². The summed E-state index contributed by atoms with van der Waals surface area (Å²) in [4.78, 5) is 6.99. The van der Waals surface area contributed by atoms with Crippen molar-refractivity contribution in [1.82, 2.24) is 20.0 Å². The zero-order valence-electron chi connectivity index (χ0n) is 11.0. The predicted molar refractivity (Wildman–Crippen MR) is 77.4 cm³/mol. The zero-order valence-corrected chi connectivity index (χ0v) is 11.9. The number of benzene rings is 1. The Morgan fingerprint density at radius 2 is 1.95 bits per heavy atom. The molecule has 0 aliphatic carbocycles. The average molecular weight is 294 g/mol. The molecule has 0 spiro atoms. The van der Waals surface area contributed by atoms with E-state index in [9.17, 15) is 8.42 Å². The number of aromatic amines is 1. The van der Waals surface area contributed by atoms with Crippen LogP contribution >= 0.6 is 0 Å². The highest BCUT2D eigenvalue weighted by Gasteiger charge is 2.09. The number of aromatic nitrogens is 2. The maximum absolute atomic E-state index is 11.8. The van der Waals surface area contributed by atoms with E-state index in [1.807, 2.05) is 30.3 Å². The van der Waals surface area contributed by atoms with Crippen LogP contribution < -0.4 is 10.0 Å². The van der Waals surface area contributed by atoms with Crippen molar-refractivity contribution in [2.24, 2.45) is 0 Å². The smallest absolute Gasteiger partial charge is 0.213 e. The summed E-state index contributed by atoms with van der Waals surface area (Å²) in [6, 6.07) is 9.44. The summed E-state index contributed by atoms with van der Waals surface area (Å²) in [5.74, 6) is 0.834. The monoisotopic (exact) mass is 294 g/mol. The van der Waals surface area contributed by atoms with Gasteiger partial charge in [-0.2, -0.15) is 0 Å². The van der Waals surface area contributed by atoms with Gasteiger partial charge in [0.2, 0.25) is 10.0 Å². The Morgan fingerprint density at radius 3 is 2.65 bits per heavy atom. The van der Waals surface area contributed by atoms with Crippen molar-refractivity contribution in [1.29, 1.82) is 0 Å². The lowest BCUT2D eigenvalue weighted by molar-refractivity contribution is 0.575. The summed E-state index contributed by atoms with van der Waals surface area (Å²) >= 11 is 0. The standard InChI is InChI=1S/C13H18N4O2S/c18-20(19,17-10-12-4-2-1-3-5-12)9-8-14-11-13-15-6-7-16-13/h1-7,14,17H,8-11H2,(H,15,16). The van der Waals surface area contributed by atoms with Crippen LogP contribution in [0.2, 0.25) is 0 Å². The second kappa shape index (κ2) is 7.18. The quantitative estimate of drug-likeness (QED) is 0.623. The van der Waals surface area contributed by atoms with Gasteiger partial charge in [-0.15, -0.1) is 0 Å². The molecule has 7 heteroatoms.